The Morgan fingerprint density at radius 3 is 3.00 bits per heavy atom. The van der Waals surface area contributed by atoms with Crippen LogP contribution in [-0.4, -0.2) is 38.4 Å². The first kappa shape index (κ1) is 14.0. The molecule has 0 aromatic carbocycles. The van der Waals surface area contributed by atoms with Crippen LogP contribution in [0.4, 0.5) is 0 Å². The summed E-state index contributed by atoms with van der Waals surface area (Å²) >= 11 is 0. The van der Waals surface area contributed by atoms with Crippen molar-refractivity contribution in [3.63, 3.8) is 0 Å². The van der Waals surface area contributed by atoms with Crippen LogP contribution in [0, 0.1) is 12.8 Å². The largest absolute Gasteiger partial charge is 0.396 e. The van der Waals surface area contributed by atoms with Gasteiger partial charge in [-0.1, -0.05) is 0 Å². The average Bonchev–Trinajstić information content (AvgIpc) is 3.26. The van der Waals surface area contributed by atoms with Gasteiger partial charge in [0.05, 0.1) is 11.3 Å². The van der Waals surface area contributed by atoms with Crippen LogP contribution in [0.15, 0.2) is 12.3 Å². The molecule has 0 aliphatic heterocycles. The summed E-state index contributed by atoms with van der Waals surface area (Å²) in [5.74, 6) is 0.385. The van der Waals surface area contributed by atoms with Crippen LogP contribution in [-0.2, 0) is 7.05 Å². The summed E-state index contributed by atoms with van der Waals surface area (Å²) in [7, 11) is 1.84. The molecule has 1 unspecified atom stereocenters. The summed E-state index contributed by atoms with van der Waals surface area (Å²) in [4.78, 5) is 16.7. The van der Waals surface area contributed by atoms with E-state index in [0.29, 0.717) is 17.9 Å². The molecule has 2 aromatic rings. The Kier molecular flexibility index (Phi) is 3.63. The Bertz CT molecular complexity index is 676. The second-order valence-electron chi connectivity index (χ2n) is 5.73. The van der Waals surface area contributed by atoms with Crippen molar-refractivity contribution < 1.29 is 9.90 Å². The number of aliphatic hydroxyl groups excluding tert-OH is 1. The van der Waals surface area contributed by atoms with Crippen LogP contribution in [0.1, 0.15) is 35.3 Å². The van der Waals surface area contributed by atoms with Gasteiger partial charge in [0.2, 0.25) is 0 Å². The minimum absolute atomic E-state index is 0.0631. The van der Waals surface area contributed by atoms with Gasteiger partial charge >= 0.3 is 0 Å². The highest BCUT2D eigenvalue weighted by Gasteiger charge is 2.32. The van der Waals surface area contributed by atoms with Gasteiger partial charge in [0, 0.05) is 31.3 Å². The number of fused-ring (bicyclic) bond motifs is 1. The van der Waals surface area contributed by atoms with Gasteiger partial charge in [-0.3, -0.25) is 9.48 Å². The molecule has 0 radical (unpaired) electrons. The lowest BCUT2D eigenvalue weighted by Gasteiger charge is -2.17. The summed E-state index contributed by atoms with van der Waals surface area (Å²) in [6, 6.07) is 1.90. The van der Waals surface area contributed by atoms with Crippen molar-refractivity contribution in [2.24, 2.45) is 13.0 Å². The highest BCUT2D eigenvalue weighted by Crippen LogP contribution is 2.34. The fourth-order valence-corrected chi connectivity index (χ4v) is 2.75. The van der Waals surface area contributed by atoms with Crippen molar-refractivity contribution in [2.75, 3.05) is 6.61 Å². The number of carbonyl (C=O) groups is 1. The topological polar surface area (TPSA) is 80.0 Å². The Labute approximate surface area is 123 Å². The Morgan fingerprint density at radius 2 is 2.33 bits per heavy atom. The van der Waals surface area contributed by atoms with Crippen LogP contribution >= 0.6 is 0 Å². The Morgan fingerprint density at radius 1 is 1.57 bits per heavy atom. The molecule has 1 amide bonds. The van der Waals surface area contributed by atoms with Crippen LogP contribution in [0.25, 0.3) is 11.0 Å². The second-order valence-corrected chi connectivity index (χ2v) is 5.73. The molecule has 2 aromatic heterocycles. The number of pyridine rings is 1. The number of amides is 1. The summed E-state index contributed by atoms with van der Waals surface area (Å²) in [5.41, 5.74) is 2.18. The molecule has 21 heavy (non-hydrogen) atoms. The maximum absolute atomic E-state index is 12.4. The molecule has 6 heteroatoms. The number of aromatic nitrogens is 3. The highest BCUT2D eigenvalue weighted by molar-refractivity contribution is 5.97. The zero-order chi connectivity index (χ0) is 15.0. The van der Waals surface area contributed by atoms with Gasteiger partial charge < -0.3 is 10.4 Å². The molecular weight excluding hydrogens is 268 g/mol. The first-order valence-electron chi connectivity index (χ1n) is 7.31. The molecule has 2 heterocycles. The lowest BCUT2D eigenvalue weighted by molar-refractivity contribution is 0.0924. The standard InChI is InChI=1S/C15H20N4O2/c1-9-12-7-11(8-16-14(12)19(2)18-9)15(21)17-13(5-6-20)10-3-4-10/h7-8,10,13,20H,3-6H2,1-2H3,(H,17,21). The number of aliphatic hydroxyl groups is 1. The van der Waals surface area contributed by atoms with E-state index in [2.05, 4.69) is 15.4 Å². The monoisotopic (exact) mass is 288 g/mol. The zero-order valence-corrected chi connectivity index (χ0v) is 12.3. The van der Waals surface area contributed by atoms with E-state index in [0.717, 1.165) is 29.6 Å². The van der Waals surface area contributed by atoms with Crippen molar-refractivity contribution in [3.05, 3.63) is 23.5 Å². The maximum atomic E-state index is 12.4. The summed E-state index contributed by atoms with van der Waals surface area (Å²) in [6.07, 6.45) is 4.45. The van der Waals surface area contributed by atoms with Gasteiger partial charge in [0.1, 0.15) is 0 Å². The third-order valence-corrected chi connectivity index (χ3v) is 4.07. The molecule has 3 rings (SSSR count). The fraction of sp³-hybridized carbons (Fsp3) is 0.533. The molecule has 2 N–H and O–H groups in total. The van der Waals surface area contributed by atoms with Gasteiger partial charge in [-0.05, 0) is 38.2 Å². The van der Waals surface area contributed by atoms with Gasteiger partial charge in [-0.15, -0.1) is 0 Å². The van der Waals surface area contributed by atoms with E-state index in [4.69, 9.17) is 5.11 Å². The number of nitrogens with one attached hydrogen (secondary N) is 1. The average molecular weight is 288 g/mol. The summed E-state index contributed by atoms with van der Waals surface area (Å²) in [6.45, 7) is 2.00. The normalized spacial score (nSPS) is 16.1. The van der Waals surface area contributed by atoms with Crippen molar-refractivity contribution in [1.82, 2.24) is 20.1 Å². The smallest absolute Gasteiger partial charge is 0.253 e. The predicted molar refractivity (Wildman–Crippen MR) is 78.9 cm³/mol. The molecule has 1 atom stereocenters. The van der Waals surface area contributed by atoms with E-state index in [-0.39, 0.29) is 18.6 Å². The van der Waals surface area contributed by atoms with Crippen LogP contribution in [0.5, 0.6) is 0 Å². The molecule has 1 aliphatic rings. The Hall–Kier alpha value is -1.95. The molecule has 6 nitrogen and oxygen atoms in total. The van der Waals surface area contributed by atoms with Crippen molar-refractivity contribution in [3.8, 4) is 0 Å². The first-order valence-corrected chi connectivity index (χ1v) is 7.31. The van der Waals surface area contributed by atoms with Gasteiger partial charge in [-0.2, -0.15) is 5.10 Å². The lowest BCUT2D eigenvalue weighted by atomic mass is 10.1. The maximum Gasteiger partial charge on any atom is 0.253 e. The number of rotatable bonds is 5. The molecule has 1 fully saturated rings. The molecule has 0 bridgehead atoms. The minimum Gasteiger partial charge on any atom is -0.396 e. The molecule has 1 aliphatic carbocycles. The van der Waals surface area contributed by atoms with E-state index in [9.17, 15) is 4.79 Å². The van der Waals surface area contributed by atoms with E-state index in [1.54, 1.807) is 10.9 Å². The quantitative estimate of drug-likeness (QED) is 0.865. The minimum atomic E-state index is -0.127. The van der Waals surface area contributed by atoms with Crippen LogP contribution < -0.4 is 5.32 Å². The third kappa shape index (κ3) is 2.76. The molecule has 112 valence electrons. The van der Waals surface area contributed by atoms with Crippen LogP contribution in [0.2, 0.25) is 0 Å². The van der Waals surface area contributed by atoms with Gasteiger partial charge in [0.15, 0.2) is 5.65 Å². The first-order chi connectivity index (χ1) is 10.1. The molecular formula is C15H20N4O2. The molecule has 0 saturated heterocycles. The van der Waals surface area contributed by atoms with Gasteiger partial charge in [-0.25, -0.2) is 4.98 Å². The number of aryl methyl sites for hydroxylation is 2. The number of hydrogen-bond acceptors (Lipinski definition) is 4. The van der Waals surface area contributed by atoms with E-state index < -0.39 is 0 Å². The van der Waals surface area contributed by atoms with E-state index in [1.807, 2.05) is 20.0 Å². The zero-order valence-electron chi connectivity index (χ0n) is 12.3. The van der Waals surface area contributed by atoms with Crippen LogP contribution in [0.3, 0.4) is 0 Å². The van der Waals surface area contributed by atoms with E-state index in [1.165, 1.54) is 0 Å². The molecule has 1 saturated carbocycles. The van der Waals surface area contributed by atoms with Crippen molar-refractivity contribution in [1.29, 1.82) is 0 Å². The summed E-state index contributed by atoms with van der Waals surface area (Å²) in [5, 5.41) is 17.3. The van der Waals surface area contributed by atoms with Crippen molar-refractivity contribution >= 4 is 16.9 Å². The third-order valence-electron chi connectivity index (χ3n) is 4.07. The molecule has 0 spiro atoms. The number of nitrogens with zero attached hydrogens (tertiary/aromatic N) is 3. The van der Waals surface area contributed by atoms with Crippen molar-refractivity contribution in [2.45, 2.75) is 32.2 Å². The second kappa shape index (κ2) is 5.44. The highest BCUT2D eigenvalue weighted by atomic mass is 16.3. The lowest BCUT2D eigenvalue weighted by Crippen LogP contribution is -2.37. The Balaban J connectivity index is 1.82. The SMILES string of the molecule is Cc1nn(C)c2ncc(C(=O)NC(CCO)C3CC3)cc12. The number of hydrogen-bond donors (Lipinski definition) is 2. The predicted octanol–water partition coefficient (Wildman–Crippen LogP) is 1.17. The van der Waals surface area contributed by atoms with Gasteiger partial charge in [0.25, 0.3) is 5.91 Å². The number of carbonyl (C=O) groups excluding carboxylic acids is 1. The summed E-state index contributed by atoms with van der Waals surface area (Å²) < 4.78 is 1.71. The van der Waals surface area contributed by atoms with E-state index >= 15 is 0 Å². The fourth-order valence-electron chi connectivity index (χ4n) is 2.75.